The van der Waals surface area contributed by atoms with Gasteiger partial charge in [0, 0.05) is 18.5 Å². The van der Waals surface area contributed by atoms with Crippen LogP contribution in [0.2, 0.25) is 0 Å². The number of carbonyl (C=O) groups is 1. The zero-order valence-electron chi connectivity index (χ0n) is 10.7. The van der Waals surface area contributed by atoms with E-state index < -0.39 is 5.97 Å². The molecule has 1 aliphatic heterocycles. The van der Waals surface area contributed by atoms with Gasteiger partial charge in [-0.3, -0.25) is 0 Å². The van der Waals surface area contributed by atoms with Crippen molar-refractivity contribution < 1.29 is 19.4 Å². The van der Waals surface area contributed by atoms with Gasteiger partial charge in [0.15, 0.2) is 5.58 Å². The van der Waals surface area contributed by atoms with Crippen LogP contribution in [0.4, 0.5) is 6.01 Å². The van der Waals surface area contributed by atoms with Crippen LogP contribution < -0.4 is 4.90 Å². The number of aliphatic hydroxyl groups is 1. The number of anilines is 1. The molecule has 1 spiro atoms. The van der Waals surface area contributed by atoms with Crippen LogP contribution >= 0.6 is 0 Å². The maximum atomic E-state index is 10.9. The zero-order valence-corrected chi connectivity index (χ0v) is 10.7. The fourth-order valence-corrected chi connectivity index (χ4v) is 3.28. The number of nitrogens with zero attached hydrogens (tertiary/aromatic N) is 2. The Hall–Kier alpha value is -2.08. The Labute approximate surface area is 114 Å². The van der Waals surface area contributed by atoms with E-state index in [9.17, 15) is 9.90 Å². The van der Waals surface area contributed by atoms with E-state index >= 15 is 0 Å². The summed E-state index contributed by atoms with van der Waals surface area (Å²) in [6.07, 6.45) is 1.55. The van der Waals surface area contributed by atoms with Gasteiger partial charge in [0.1, 0.15) is 5.52 Å². The largest absolute Gasteiger partial charge is 0.478 e. The lowest BCUT2D eigenvalue weighted by Crippen LogP contribution is -2.64. The van der Waals surface area contributed by atoms with Gasteiger partial charge >= 0.3 is 5.97 Å². The number of hydrogen-bond acceptors (Lipinski definition) is 5. The second-order valence-corrected chi connectivity index (χ2v) is 5.90. The molecule has 1 aliphatic carbocycles. The molecule has 0 bridgehead atoms. The van der Waals surface area contributed by atoms with E-state index in [0.29, 0.717) is 17.1 Å². The third-order valence-corrected chi connectivity index (χ3v) is 4.28. The van der Waals surface area contributed by atoms with Gasteiger partial charge in [-0.2, -0.15) is 4.98 Å². The molecule has 0 radical (unpaired) electrons. The average molecular weight is 274 g/mol. The Balaban J connectivity index is 1.58. The number of benzene rings is 1. The van der Waals surface area contributed by atoms with Crippen LogP contribution in [0.15, 0.2) is 22.6 Å². The average Bonchev–Trinajstić information content (AvgIpc) is 2.73. The van der Waals surface area contributed by atoms with Gasteiger partial charge in [0.2, 0.25) is 0 Å². The highest BCUT2D eigenvalue weighted by molar-refractivity contribution is 5.92. The second-order valence-electron chi connectivity index (χ2n) is 5.90. The Morgan fingerprint density at radius 3 is 2.80 bits per heavy atom. The number of carboxylic acid groups (broad SMARTS) is 1. The number of oxazole rings is 1. The molecule has 2 aliphatic rings. The Kier molecular flexibility index (Phi) is 2.18. The van der Waals surface area contributed by atoms with Crippen LogP contribution in [0, 0.1) is 5.41 Å². The highest BCUT2D eigenvalue weighted by Crippen LogP contribution is 2.49. The van der Waals surface area contributed by atoms with Crippen molar-refractivity contribution in [3.63, 3.8) is 0 Å². The number of hydrogen-bond donors (Lipinski definition) is 2. The van der Waals surface area contributed by atoms with E-state index in [0.717, 1.165) is 25.9 Å². The van der Waals surface area contributed by atoms with Crippen molar-refractivity contribution in [2.45, 2.75) is 18.9 Å². The summed E-state index contributed by atoms with van der Waals surface area (Å²) in [5, 5.41) is 18.3. The van der Waals surface area contributed by atoms with Crippen LogP contribution in [0.1, 0.15) is 23.2 Å². The summed E-state index contributed by atoms with van der Waals surface area (Å²) in [4.78, 5) is 17.3. The molecule has 0 atom stereocenters. The number of carboxylic acids is 1. The lowest BCUT2D eigenvalue weighted by Gasteiger charge is -2.57. The fraction of sp³-hybridized carbons (Fsp3) is 0.429. The van der Waals surface area contributed by atoms with Gasteiger partial charge in [-0.15, -0.1) is 0 Å². The van der Waals surface area contributed by atoms with Crippen molar-refractivity contribution in [2.24, 2.45) is 5.41 Å². The number of rotatable bonds is 2. The first-order valence-corrected chi connectivity index (χ1v) is 6.62. The van der Waals surface area contributed by atoms with Crippen molar-refractivity contribution in [3.05, 3.63) is 23.8 Å². The minimum absolute atomic E-state index is 0.154. The van der Waals surface area contributed by atoms with Crippen LogP contribution in [0.5, 0.6) is 0 Å². The van der Waals surface area contributed by atoms with Gasteiger partial charge in [0.25, 0.3) is 6.01 Å². The van der Waals surface area contributed by atoms with E-state index in [1.807, 2.05) is 4.90 Å². The molecule has 6 heteroatoms. The van der Waals surface area contributed by atoms with Crippen molar-refractivity contribution >= 4 is 23.1 Å². The molecule has 2 heterocycles. The first-order chi connectivity index (χ1) is 9.55. The molecular formula is C14H14N2O4. The normalized spacial score (nSPS) is 20.9. The molecule has 6 nitrogen and oxygen atoms in total. The van der Waals surface area contributed by atoms with E-state index in [4.69, 9.17) is 9.52 Å². The summed E-state index contributed by atoms with van der Waals surface area (Å²) >= 11 is 0. The molecule has 2 fully saturated rings. The summed E-state index contributed by atoms with van der Waals surface area (Å²) in [5.41, 5.74) is 1.60. The molecular weight excluding hydrogens is 260 g/mol. The SMILES string of the molecule is O=C(O)c1ccc2nc(N3CC4(CC(O)C4)C3)oc2c1. The first-order valence-electron chi connectivity index (χ1n) is 6.62. The standard InChI is InChI=1S/C14H14N2O4/c17-9-4-14(5-9)6-16(7-14)13-15-10-2-1-8(12(18)19)3-11(10)20-13/h1-3,9,17H,4-7H2,(H,18,19). The third kappa shape index (κ3) is 1.61. The molecule has 1 saturated heterocycles. The number of aliphatic hydroxyl groups excluding tert-OH is 1. The molecule has 1 aromatic carbocycles. The van der Waals surface area contributed by atoms with Crippen LogP contribution in [-0.2, 0) is 0 Å². The number of fused-ring (bicyclic) bond motifs is 1. The van der Waals surface area contributed by atoms with Crippen LogP contribution in [0.3, 0.4) is 0 Å². The third-order valence-electron chi connectivity index (χ3n) is 4.28. The maximum Gasteiger partial charge on any atom is 0.335 e. The van der Waals surface area contributed by atoms with Gasteiger partial charge in [-0.05, 0) is 31.0 Å². The van der Waals surface area contributed by atoms with Gasteiger partial charge in [-0.25, -0.2) is 4.79 Å². The molecule has 104 valence electrons. The molecule has 20 heavy (non-hydrogen) atoms. The summed E-state index contributed by atoms with van der Waals surface area (Å²) < 4.78 is 5.64. The van der Waals surface area contributed by atoms with Crippen LogP contribution in [-0.4, -0.2) is 40.4 Å². The molecule has 0 amide bonds. The van der Waals surface area contributed by atoms with E-state index in [1.165, 1.54) is 12.1 Å². The summed E-state index contributed by atoms with van der Waals surface area (Å²) in [6.45, 7) is 1.70. The highest BCUT2D eigenvalue weighted by Gasteiger charge is 2.53. The lowest BCUT2D eigenvalue weighted by atomic mass is 9.62. The van der Waals surface area contributed by atoms with E-state index in [2.05, 4.69) is 4.98 Å². The van der Waals surface area contributed by atoms with Crippen molar-refractivity contribution in [1.29, 1.82) is 0 Å². The van der Waals surface area contributed by atoms with Gasteiger partial charge < -0.3 is 19.5 Å². The summed E-state index contributed by atoms with van der Waals surface area (Å²) in [7, 11) is 0. The predicted molar refractivity (Wildman–Crippen MR) is 70.9 cm³/mol. The lowest BCUT2D eigenvalue weighted by molar-refractivity contribution is -0.0507. The first kappa shape index (κ1) is 11.7. The Morgan fingerprint density at radius 2 is 2.15 bits per heavy atom. The zero-order chi connectivity index (χ0) is 13.9. The monoisotopic (exact) mass is 274 g/mol. The highest BCUT2D eigenvalue weighted by atomic mass is 16.4. The Bertz CT molecular complexity index is 694. The molecule has 2 N–H and O–H groups in total. The second kappa shape index (κ2) is 3.73. The van der Waals surface area contributed by atoms with Gasteiger partial charge in [0.05, 0.1) is 11.7 Å². The number of aromatic nitrogens is 1. The Morgan fingerprint density at radius 1 is 1.40 bits per heavy atom. The minimum atomic E-state index is -0.976. The summed E-state index contributed by atoms with van der Waals surface area (Å²) in [6, 6.07) is 5.22. The topological polar surface area (TPSA) is 86.8 Å². The van der Waals surface area contributed by atoms with Crippen molar-refractivity contribution in [3.8, 4) is 0 Å². The quantitative estimate of drug-likeness (QED) is 0.862. The van der Waals surface area contributed by atoms with Crippen LogP contribution in [0.25, 0.3) is 11.1 Å². The molecule has 1 saturated carbocycles. The number of aromatic carboxylic acids is 1. The molecule has 4 rings (SSSR count). The fourth-order valence-electron chi connectivity index (χ4n) is 3.28. The van der Waals surface area contributed by atoms with Crippen molar-refractivity contribution in [2.75, 3.05) is 18.0 Å². The van der Waals surface area contributed by atoms with E-state index in [1.54, 1.807) is 6.07 Å². The smallest absolute Gasteiger partial charge is 0.335 e. The maximum absolute atomic E-state index is 10.9. The molecule has 1 aromatic heterocycles. The predicted octanol–water partition coefficient (Wildman–Crippen LogP) is 1.49. The molecule has 0 unspecified atom stereocenters. The van der Waals surface area contributed by atoms with Gasteiger partial charge in [-0.1, -0.05) is 0 Å². The summed E-state index contributed by atoms with van der Waals surface area (Å²) in [5.74, 6) is -0.976. The van der Waals surface area contributed by atoms with Crippen molar-refractivity contribution in [1.82, 2.24) is 4.98 Å². The van der Waals surface area contributed by atoms with E-state index in [-0.39, 0.29) is 17.1 Å². The molecule has 2 aromatic rings. The minimum Gasteiger partial charge on any atom is -0.478 e.